The number of halogens is 2. The zero-order valence-corrected chi connectivity index (χ0v) is 13.6. The van der Waals surface area contributed by atoms with E-state index in [1.165, 1.54) is 25.1 Å². The van der Waals surface area contributed by atoms with Crippen molar-refractivity contribution in [1.29, 1.82) is 0 Å². The average molecular weight is 348 g/mol. The Labute approximate surface area is 143 Å². The second-order valence-electron chi connectivity index (χ2n) is 4.90. The summed E-state index contributed by atoms with van der Waals surface area (Å²) in [6.45, 7) is 1.43. The molecule has 0 aliphatic heterocycles. The van der Waals surface area contributed by atoms with Crippen LogP contribution in [0.4, 0.5) is 10.1 Å². The van der Waals surface area contributed by atoms with Gasteiger partial charge in [0.25, 0.3) is 5.91 Å². The molecule has 1 unspecified atom stereocenters. The van der Waals surface area contributed by atoms with Gasteiger partial charge < -0.3 is 10.1 Å². The van der Waals surface area contributed by atoms with Gasteiger partial charge in [-0.3, -0.25) is 4.79 Å². The molecular formula is C18H15ClFNO3. The van der Waals surface area contributed by atoms with E-state index in [1.54, 1.807) is 36.4 Å². The van der Waals surface area contributed by atoms with Crippen molar-refractivity contribution in [2.24, 2.45) is 0 Å². The van der Waals surface area contributed by atoms with E-state index in [2.05, 4.69) is 5.32 Å². The highest BCUT2D eigenvalue weighted by molar-refractivity contribution is 6.33. The number of carbonyl (C=O) groups excluding carboxylic acids is 2. The van der Waals surface area contributed by atoms with Crippen LogP contribution in [0.3, 0.4) is 0 Å². The molecule has 0 heterocycles. The number of carbonyl (C=O) groups is 2. The number of rotatable bonds is 5. The maximum atomic E-state index is 13.4. The topological polar surface area (TPSA) is 55.4 Å². The summed E-state index contributed by atoms with van der Waals surface area (Å²) in [4.78, 5) is 23.7. The van der Waals surface area contributed by atoms with Gasteiger partial charge in [-0.15, -0.1) is 0 Å². The largest absolute Gasteiger partial charge is 0.449 e. The summed E-state index contributed by atoms with van der Waals surface area (Å²) in [6.07, 6.45) is 1.33. The molecule has 0 bridgehead atoms. The number of hydrogen-bond acceptors (Lipinski definition) is 3. The van der Waals surface area contributed by atoms with E-state index < -0.39 is 23.8 Å². The first kappa shape index (κ1) is 17.7. The lowest BCUT2D eigenvalue weighted by atomic mass is 10.2. The highest BCUT2D eigenvalue weighted by atomic mass is 35.5. The molecule has 24 heavy (non-hydrogen) atoms. The van der Waals surface area contributed by atoms with Gasteiger partial charge in [-0.25, -0.2) is 9.18 Å². The molecule has 124 valence electrons. The Morgan fingerprint density at radius 2 is 1.83 bits per heavy atom. The normalized spacial score (nSPS) is 12.0. The Hall–Kier alpha value is -2.66. The minimum Gasteiger partial charge on any atom is -0.449 e. The molecule has 0 saturated carbocycles. The Morgan fingerprint density at radius 1 is 1.17 bits per heavy atom. The van der Waals surface area contributed by atoms with Crippen molar-refractivity contribution in [2.75, 3.05) is 5.32 Å². The van der Waals surface area contributed by atoms with Gasteiger partial charge >= 0.3 is 5.97 Å². The van der Waals surface area contributed by atoms with Gasteiger partial charge in [0.1, 0.15) is 5.82 Å². The van der Waals surface area contributed by atoms with Gasteiger partial charge in [0.05, 0.1) is 10.7 Å². The van der Waals surface area contributed by atoms with E-state index in [-0.39, 0.29) is 5.56 Å². The molecule has 6 heteroatoms. The lowest BCUT2D eigenvalue weighted by molar-refractivity contribution is -0.148. The zero-order chi connectivity index (χ0) is 17.5. The van der Waals surface area contributed by atoms with Crippen LogP contribution in [-0.4, -0.2) is 18.0 Å². The van der Waals surface area contributed by atoms with E-state index in [4.69, 9.17) is 16.3 Å². The monoisotopic (exact) mass is 347 g/mol. The van der Waals surface area contributed by atoms with E-state index in [0.29, 0.717) is 10.7 Å². The Kier molecular flexibility index (Phi) is 6.09. The lowest BCUT2D eigenvalue weighted by Gasteiger charge is -2.13. The number of hydrogen-bond donors (Lipinski definition) is 1. The molecule has 2 rings (SSSR count). The van der Waals surface area contributed by atoms with Crippen LogP contribution in [0.15, 0.2) is 54.6 Å². The molecular weight excluding hydrogens is 333 g/mol. The number of benzene rings is 2. The van der Waals surface area contributed by atoms with Crippen LogP contribution in [0.1, 0.15) is 12.5 Å². The van der Waals surface area contributed by atoms with Crippen LogP contribution in [-0.2, 0) is 14.3 Å². The second kappa shape index (κ2) is 8.26. The molecule has 2 aromatic carbocycles. The Balaban J connectivity index is 1.92. The zero-order valence-electron chi connectivity index (χ0n) is 12.8. The highest BCUT2D eigenvalue weighted by Crippen LogP contribution is 2.20. The van der Waals surface area contributed by atoms with Gasteiger partial charge in [-0.05, 0) is 31.2 Å². The van der Waals surface area contributed by atoms with E-state index >= 15 is 0 Å². The summed E-state index contributed by atoms with van der Waals surface area (Å²) >= 11 is 5.94. The summed E-state index contributed by atoms with van der Waals surface area (Å²) in [5.41, 5.74) is 0.677. The van der Waals surface area contributed by atoms with Crippen molar-refractivity contribution in [3.05, 3.63) is 71.0 Å². The average Bonchev–Trinajstić information content (AvgIpc) is 2.56. The van der Waals surface area contributed by atoms with Crippen molar-refractivity contribution in [3.8, 4) is 0 Å². The third-order valence-electron chi connectivity index (χ3n) is 3.10. The maximum absolute atomic E-state index is 13.4. The van der Waals surface area contributed by atoms with Crippen molar-refractivity contribution in [2.45, 2.75) is 13.0 Å². The minimum atomic E-state index is -1.03. The lowest BCUT2D eigenvalue weighted by Crippen LogP contribution is -2.29. The van der Waals surface area contributed by atoms with Crippen molar-refractivity contribution in [1.82, 2.24) is 0 Å². The molecule has 0 radical (unpaired) electrons. The molecule has 1 N–H and O–H groups in total. The molecule has 0 spiro atoms. The summed E-state index contributed by atoms with van der Waals surface area (Å²) in [7, 11) is 0. The fraction of sp³-hybridized carbons (Fsp3) is 0.111. The predicted octanol–water partition coefficient (Wildman–Crippen LogP) is 4.06. The van der Waals surface area contributed by atoms with E-state index in [0.717, 1.165) is 6.08 Å². The number of nitrogens with one attached hydrogen (secondary N) is 1. The number of ether oxygens (including phenoxy) is 1. The molecule has 2 aromatic rings. The van der Waals surface area contributed by atoms with E-state index in [1.807, 2.05) is 0 Å². The van der Waals surface area contributed by atoms with Crippen molar-refractivity contribution in [3.63, 3.8) is 0 Å². The summed E-state index contributed by atoms with van der Waals surface area (Å²) in [5, 5.41) is 2.94. The molecule has 0 fully saturated rings. The van der Waals surface area contributed by atoms with E-state index in [9.17, 15) is 14.0 Å². The van der Waals surface area contributed by atoms with Gasteiger partial charge in [0, 0.05) is 11.6 Å². The van der Waals surface area contributed by atoms with Crippen LogP contribution in [0.25, 0.3) is 6.08 Å². The number of anilines is 1. The van der Waals surface area contributed by atoms with Gasteiger partial charge in [0.15, 0.2) is 6.10 Å². The molecule has 0 aromatic heterocycles. The number of para-hydroxylation sites is 1. The summed E-state index contributed by atoms with van der Waals surface area (Å²) < 4.78 is 18.4. The highest BCUT2D eigenvalue weighted by Gasteiger charge is 2.17. The molecule has 0 aliphatic rings. The predicted molar refractivity (Wildman–Crippen MR) is 91.1 cm³/mol. The van der Waals surface area contributed by atoms with Crippen LogP contribution in [0.5, 0.6) is 0 Å². The number of esters is 1. The maximum Gasteiger partial charge on any atom is 0.331 e. The summed E-state index contributed by atoms with van der Waals surface area (Å²) in [6, 6.07) is 12.7. The fourth-order valence-corrected chi connectivity index (χ4v) is 2.02. The van der Waals surface area contributed by atoms with Crippen LogP contribution >= 0.6 is 11.6 Å². The number of amides is 1. The molecule has 1 atom stereocenters. The van der Waals surface area contributed by atoms with Gasteiger partial charge in [0.2, 0.25) is 0 Å². The van der Waals surface area contributed by atoms with Gasteiger partial charge in [-0.1, -0.05) is 41.9 Å². The molecule has 1 amide bonds. The smallest absolute Gasteiger partial charge is 0.331 e. The quantitative estimate of drug-likeness (QED) is 0.655. The first-order chi connectivity index (χ1) is 11.5. The van der Waals surface area contributed by atoms with Crippen LogP contribution in [0, 0.1) is 5.82 Å². The van der Waals surface area contributed by atoms with Crippen molar-refractivity contribution < 1.29 is 18.7 Å². The van der Waals surface area contributed by atoms with Crippen LogP contribution in [0.2, 0.25) is 5.02 Å². The SMILES string of the molecule is CC(OC(=O)/C=C/c1ccccc1F)C(=O)Nc1ccccc1Cl. The minimum absolute atomic E-state index is 0.252. The molecule has 0 aliphatic carbocycles. The first-order valence-corrected chi connectivity index (χ1v) is 7.54. The van der Waals surface area contributed by atoms with Crippen LogP contribution < -0.4 is 5.32 Å². The van der Waals surface area contributed by atoms with Gasteiger partial charge in [-0.2, -0.15) is 0 Å². The standard InChI is InChI=1S/C18H15ClFNO3/c1-12(18(23)21-16-9-5-3-7-14(16)19)24-17(22)11-10-13-6-2-4-8-15(13)20/h2-12H,1H3,(H,21,23)/b11-10+. The third kappa shape index (κ3) is 4.93. The molecule has 4 nitrogen and oxygen atoms in total. The second-order valence-corrected chi connectivity index (χ2v) is 5.31. The fourth-order valence-electron chi connectivity index (χ4n) is 1.83. The van der Waals surface area contributed by atoms with Crippen molar-refractivity contribution >= 4 is 35.2 Å². The summed E-state index contributed by atoms with van der Waals surface area (Å²) in [5.74, 6) is -1.72. The third-order valence-corrected chi connectivity index (χ3v) is 3.43. The Bertz CT molecular complexity index is 776. The first-order valence-electron chi connectivity index (χ1n) is 7.16. The molecule has 0 saturated heterocycles. The Morgan fingerprint density at radius 3 is 2.54 bits per heavy atom.